The van der Waals surface area contributed by atoms with Crippen molar-refractivity contribution in [3.63, 3.8) is 0 Å². The lowest BCUT2D eigenvalue weighted by Crippen LogP contribution is -2.44. The van der Waals surface area contributed by atoms with E-state index in [-0.39, 0.29) is 11.6 Å². The Bertz CT molecular complexity index is 1140. The Morgan fingerprint density at radius 3 is 2.24 bits per heavy atom. The van der Waals surface area contributed by atoms with Crippen LogP contribution in [0.5, 0.6) is 0 Å². The van der Waals surface area contributed by atoms with Gasteiger partial charge in [-0.2, -0.15) is 0 Å². The molecule has 0 unspecified atom stereocenters. The van der Waals surface area contributed by atoms with Crippen LogP contribution in [0.1, 0.15) is 10.4 Å². The maximum Gasteiger partial charge on any atom is 0.328 e. The molecular formula is C21H24ClN5O2. The van der Waals surface area contributed by atoms with Gasteiger partial charge in [-0.25, -0.2) is 4.79 Å². The molecule has 0 saturated carbocycles. The first-order valence-corrected chi connectivity index (χ1v) is 9.93. The van der Waals surface area contributed by atoms with E-state index in [4.69, 9.17) is 11.6 Å². The molecule has 0 atom stereocenters. The number of carbonyl (C=O) groups is 1. The van der Waals surface area contributed by atoms with Gasteiger partial charge in [0.25, 0.3) is 5.91 Å². The van der Waals surface area contributed by atoms with Gasteiger partial charge in [0, 0.05) is 40.3 Å². The summed E-state index contributed by atoms with van der Waals surface area (Å²) < 4.78 is 3.23. The minimum absolute atomic E-state index is 0.0982. The number of rotatable bonds is 3. The molecule has 29 heavy (non-hydrogen) atoms. The van der Waals surface area contributed by atoms with Crippen molar-refractivity contribution in [2.24, 2.45) is 14.1 Å². The van der Waals surface area contributed by atoms with Crippen LogP contribution in [0, 0.1) is 0 Å². The normalized spacial score (nSPS) is 15.1. The summed E-state index contributed by atoms with van der Waals surface area (Å²) in [5, 5.41) is 3.42. The Hall–Kier alpha value is -2.77. The van der Waals surface area contributed by atoms with Gasteiger partial charge in [0.05, 0.1) is 33.0 Å². The molecular weight excluding hydrogens is 390 g/mol. The molecule has 152 valence electrons. The smallest absolute Gasteiger partial charge is 0.328 e. The topological polar surface area (TPSA) is 62.5 Å². The Balaban J connectivity index is 1.81. The zero-order valence-corrected chi connectivity index (χ0v) is 17.5. The summed E-state index contributed by atoms with van der Waals surface area (Å²) >= 11 is 6.21. The van der Waals surface area contributed by atoms with Crippen molar-refractivity contribution < 1.29 is 4.79 Å². The number of nitrogens with one attached hydrogen (secondary N) is 1. The molecule has 3 aromatic rings. The van der Waals surface area contributed by atoms with Gasteiger partial charge in [-0.15, -0.1) is 0 Å². The van der Waals surface area contributed by atoms with Crippen LogP contribution in [0.25, 0.3) is 11.0 Å². The van der Waals surface area contributed by atoms with Crippen molar-refractivity contribution in [3.05, 3.63) is 57.5 Å². The molecule has 1 aliphatic rings. The SMILES string of the molecule is CN1CCN(c2cc3c(cc2NC(=O)c2ccccc2Cl)n(C)c(=O)n3C)CC1. The van der Waals surface area contributed by atoms with E-state index in [2.05, 4.69) is 22.2 Å². The second-order valence-electron chi connectivity index (χ2n) is 7.48. The van der Waals surface area contributed by atoms with Crippen molar-refractivity contribution >= 4 is 39.9 Å². The summed E-state index contributed by atoms with van der Waals surface area (Å²) in [6.45, 7) is 3.56. The standard InChI is InChI=1S/C21H24ClN5O2/c1-24-8-10-27(11-9-24)17-13-19-18(25(2)21(29)26(19)3)12-16(17)23-20(28)14-6-4-5-7-15(14)22/h4-7,12-13H,8-11H2,1-3H3,(H,23,28). The van der Waals surface area contributed by atoms with Crippen LogP contribution < -0.4 is 15.9 Å². The lowest BCUT2D eigenvalue weighted by molar-refractivity contribution is 0.102. The number of hydrogen-bond acceptors (Lipinski definition) is 4. The first-order valence-electron chi connectivity index (χ1n) is 9.55. The van der Waals surface area contributed by atoms with Crippen molar-refractivity contribution in [3.8, 4) is 0 Å². The van der Waals surface area contributed by atoms with E-state index < -0.39 is 0 Å². The molecule has 1 saturated heterocycles. The van der Waals surface area contributed by atoms with Crippen LogP contribution in [-0.4, -0.2) is 53.2 Å². The zero-order chi connectivity index (χ0) is 20.7. The monoisotopic (exact) mass is 413 g/mol. The highest BCUT2D eigenvalue weighted by Crippen LogP contribution is 2.32. The highest BCUT2D eigenvalue weighted by atomic mass is 35.5. The van der Waals surface area contributed by atoms with Gasteiger partial charge >= 0.3 is 5.69 Å². The summed E-state index contributed by atoms with van der Waals surface area (Å²) in [5.41, 5.74) is 3.51. The predicted molar refractivity (Wildman–Crippen MR) is 117 cm³/mol. The Morgan fingerprint density at radius 1 is 0.966 bits per heavy atom. The minimum atomic E-state index is -0.272. The maximum absolute atomic E-state index is 12.9. The quantitative estimate of drug-likeness (QED) is 0.716. The second-order valence-corrected chi connectivity index (χ2v) is 7.89. The fraction of sp³-hybridized carbons (Fsp3) is 0.333. The van der Waals surface area contributed by atoms with E-state index in [0.29, 0.717) is 16.3 Å². The van der Waals surface area contributed by atoms with E-state index in [0.717, 1.165) is 42.9 Å². The average molecular weight is 414 g/mol. The van der Waals surface area contributed by atoms with E-state index in [1.165, 1.54) is 0 Å². The molecule has 2 heterocycles. The molecule has 1 N–H and O–H groups in total. The molecule has 1 fully saturated rings. The summed E-state index contributed by atoms with van der Waals surface area (Å²) in [6.07, 6.45) is 0. The number of anilines is 2. The van der Waals surface area contributed by atoms with E-state index in [1.807, 2.05) is 12.1 Å². The molecule has 1 aromatic heterocycles. The predicted octanol–water partition coefficient (Wildman–Crippen LogP) is 2.53. The van der Waals surface area contributed by atoms with Gasteiger partial charge in [-0.3, -0.25) is 13.9 Å². The number of aryl methyl sites for hydroxylation is 2. The summed E-state index contributed by atoms with van der Waals surface area (Å²) in [5.74, 6) is -0.272. The lowest BCUT2D eigenvalue weighted by Gasteiger charge is -2.35. The van der Waals surface area contributed by atoms with Gasteiger partial charge in [0.2, 0.25) is 0 Å². The molecule has 7 nitrogen and oxygen atoms in total. The Morgan fingerprint density at radius 2 is 1.59 bits per heavy atom. The molecule has 0 spiro atoms. The lowest BCUT2D eigenvalue weighted by atomic mass is 10.1. The minimum Gasteiger partial charge on any atom is -0.367 e. The number of fused-ring (bicyclic) bond motifs is 1. The highest BCUT2D eigenvalue weighted by molar-refractivity contribution is 6.34. The van der Waals surface area contributed by atoms with Crippen LogP contribution in [0.15, 0.2) is 41.2 Å². The number of halogens is 1. The van der Waals surface area contributed by atoms with Gasteiger partial charge in [0.15, 0.2) is 0 Å². The highest BCUT2D eigenvalue weighted by Gasteiger charge is 2.22. The van der Waals surface area contributed by atoms with Gasteiger partial charge in [-0.05, 0) is 31.3 Å². The molecule has 2 aromatic carbocycles. The van der Waals surface area contributed by atoms with E-state index in [9.17, 15) is 9.59 Å². The molecule has 1 aliphatic heterocycles. The van der Waals surface area contributed by atoms with Crippen LogP contribution in [0.4, 0.5) is 11.4 Å². The molecule has 0 bridgehead atoms. The number of benzene rings is 2. The number of likely N-dealkylation sites (N-methyl/N-ethyl adjacent to an activating group) is 1. The number of piperazine rings is 1. The van der Waals surface area contributed by atoms with Gasteiger partial charge in [0.1, 0.15) is 0 Å². The summed E-state index contributed by atoms with van der Waals surface area (Å²) in [6, 6.07) is 10.8. The van der Waals surface area contributed by atoms with Crippen molar-refractivity contribution in [2.75, 3.05) is 43.4 Å². The third-order valence-electron chi connectivity index (χ3n) is 5.60. The first kappa shape index (κ1) is 19.5. The first-order chi connectivity index (χ1) is 13.9. The van der Waals surface area contributed by atoms with Crippen molar-refractivity contribution in [1.29, 1.82) is 0 Å². The maximum atomic E-state index is 12.9. The van der Waals surface area contributed by atoms with E-state index >= 15 is 0 Å². The molecule has 0 aliphatic carbocycles. The van der Waals surface area contributed by atoms with Crippen molar-refractivity contribution in [2.45, 2.75) is 0 Å². The Labute approximate surface area is 174 Å². The van der Waals surface area contributed by atoms with Gasteiger partial charge < -0.3 is 15.1 Å². The number of amides is 1. The molecule has 0 radical (unpaired) electrons. The van der Waals surface area contributed by atoms with Crippen LogP contribution in [-0.2, 0) is 14.1 Å². The number of aromatic nitrogens is 2. The number of hydrogen-bond donors (Lipinski definition) is 1. The van der Waals surface area contributed by atoms with E-state index in [1.54, 1.807) is 47.5 Å². The summed E-state index contributed by atoms with van der Waals surface area (Å²) in [7, 11) is 5.60. The third-order valence-corrected chi connectivity index (χ3v) is 5.93. The summed E-state index contributed by atoms with van der Waals surface area (Å²) in [4.78, 5) is 29.9. The molecule has 1 amide bonds. The average Bonchev–Trinajstić information content (AvgIpc) is 2.92. The van der Waals surface area contributed by atoms with Crippen molar-refractivity contribution in [1.82, 2.24) is 14.0 Å². The third kappa shape index (κ3) is 3.52. The van der Waals surface area contributed by atoms with Crippen LogP contribution in [0.3, 0.4) is 0 Å². The zero-order valence-electron chi connectivity index (χ0n) is 16.8. The Kier molecular flexibility index (Phi) is 5.10. The largest absolute Gasteiger partial charge is 0.367 e. The van der Waals surface area contributed by atoms with Crippen LogP contribution >= 0.6 is 11.6 Å². The molecule has 8 heteroatoms. The number of carbonyl (C=O) groups excluding carboxylic acids is 1. The molecule has 4 rings (SSSR count). The number of nitrogens with zero attached hydrogens (tertiary/aromatic N) is 4. The second kappa shape index (κ2) is 7.57. The fourth-order valence-corrected chi connectivity index (χ4v) is 4.00. The van der Waals surface area contributed by atoms with Gasteiger partial charge in [-0.1, -0.05) is 23.7 Å². The van der Waals surface area contributed by atoms with Crippen LogP contribution in [0.2, 0.25) is 5.02 Å². The number of imidazole rings is 1. The fourth-order valence-electron chi connectivity index (χ4n) is 3.78.